The van der Waals surface area contributed by atoms with Crippen LogP contribution in [0.2, 0.25) is 0 Å². The van der Waals surface area contributed by atoms with Crippen molar-refractivity contribution in [1.29, 1.82) is 1.43 Å². The smallest absolute Gasteiger partial charge is 0.210 e. The maximum Gasteiger partial charge on any atom is 0.210 e. The Morgan fingerprint density at radius 1 is 1.60 bits per heavy atom. The molecule has 32 valence electrons. The number of hydrogen-bond acceptors (Lipinski definition) is 2. The third-order valence-corrected chi connectivity index (χ3v) is 0.302. The fourth-order valence-electron chi connectivity index (χ4n) is 0.0645. The molecule has 0 aliphatic rings. The molecule has 2 heteroatoms. The molecule has 0 unspecified atom stereocenters. The molecule has 0 aliphatic carbocycles. The summed E-state index contributed by atoms with van der Waals surface area (Å²) in [6.45, 7) is 0.440. The molecule has 2 nitrogen and oxygen atoms in total. The van der Waals surface area contributed by atoms with E-state index in [2.05, 4.69) is 5.11 Å². The normalized spacial score (nSPS) is 11.0. The minimum atomic E-state index is 0.110. The molecule has 0 heterocycles. The number of rotatable bonds is 3. The van der Waals surface area contributed by atoms with Gasteiger partial charge in [-0.2, -0.15) is 0 Å². The lowest BCUT2D eigenvalue weighted by Crippen LogP contribution is -1.85. The number of hydrogen-bond donors (Lipinski definition) is 2. The van der Waals surface area contributed by atoms with Gasteiger partial charge in [0.2, 0.25) is 1.43 Å². The highest BCUT2D eigenvalue weighted by Crippen LogP contribution is 1.65. The molecule has 0 radical (unpaired) electrons. The quantitative estimate of drug-likeness (QED) is 0.440. The van der Waals surface area contributed by atoms with E-state index in [-0.39, 0.29) is 6.61 Å². The first kappa shape index (κ1) is 3.12. The first-order valence-corrected chi connectivity index (χ1v) is 1.60. The predicted octanol–water partition coefficient (Wildman–Crippen LogP) is -0.639. The van der Waals surface area contributed by atoms with Crippen LogP contribution in [0.3, 0.4) is 0 Å². The van der Waals surface area contributed by atoms with Gasteiger partial charge in [-0.05, 0) is 6.42 Å². The maximum atomic E-state index is 8.03. The lowest BCUT2D eigenvalue weighted by Gasteiger charge is -1.79. The van der Waals surface area contributed by atoms with Crippen LogP contribution in [-0.4, -0.2) is 24.9 Å². The van der Waals surface area contributed by atoms with Gasteiger partial charge in [-0.3, -0.25) is 0 Å². The topological polar surface area (TPSA) is 40.5 Å². The van der Waals surface area contributed by atoms with Gasteiger partial charge in [-0.25, -0.2) is 0 Å². The summed E-state index contributed by atoms with van der Waals surface area (Å²) in [6.07, 6.45) is 0.559. The summed E-state index contributed by atoms with van der Waals surface area (Å²) < 4.78 is 6.09. The van der Waals surface area contributed by atoms with Crippen molar-refractivity contribution in [2.45, 2.75) is 6.42 Å². The molecule has 0 amide bonds. The standard InChI is InChI=1S/C3H8O2/c4-2-1-3-5/h4-5H,1-3H2/i4D. The molecule has 2 N–H and O–H groups in total. The summed E-state index contributed by atoms with van der Waals surface area (Å²) in [5.74, 6) is 0. The number of aliphatic hydroxyl groups excluding tert-OH is 2. The van der Waals surface area contributed by atoms with Gasteiger partial charge in [0.1, 0.15) is 0 Å². The van der Waals surface area contributed by atoms with E-state index in [4.69, 9.17) is 6.54 Å². The lowest BCUT2D eigenvalue weighted by molar-refractivity contribution is 0.221. The van der Waals surface area contributed by atoms with E-state index in [9.17, 15) is 0 Å². The van der Waals surface area contributed by atoms with Crippen molar-refractivity contribution in [1.82, 2.24) is 0 Å². The molecule has 0 atom stereocenters. The van der Waals surface area contributed by atoms with Gasteiger partial charge in [0.25, 0.3) is 0 Å². The Balaban J connectivity index is 2.34. The van der Waals surface area contributed by atoms with Gasteiger partial charge >= 0.3 is 0 Å². The summed E-state index contributed by atoms with van der Waals surface area (Å²) in [6, 6.07) is 0. The Morgan fingerprint density at radius 3 is 2.60 bits per heavy atom. The van der Waals surface area contributed by atoms with E-state index in [0.29, 0.717) is 13.0 Å². The lowest BCUT2D eigenvalue weighted by atomic mass is 10.5. The molecule has 0 rings (SSSR count). The average Bonchev–Trinajstić information content (AvgIpc) is 1.61. The zero-order chi connectivity index (χ0) is 4.83. The summed E-state index contributed by atoms with van der Waals surface area (Å²) in [4.78, 5) is 0. The van der Waals surface area contributed by atoms with Crippen LogP contribution < -0.4 is 0 Å². The zero-order valence-corrected chi connectivity index (χ0v) is 2.98. The third-order valence-electron chi connectivity index (χ3n) is 0.302. The van der Waals surface area contributed by atoms with E-state index >= 15 is 0 Å². The minimum Gasteiger partial charge on any atom is -0.396 e. The fourth-order valence-corrected chi connectivity index (χ4v) is 0.0645. The maximum absolute atomic E-state index is 8.03. The van der Waals surface area contributed by atoms with Crippen LogP contribution >= 0.6 is 0 Å². The first-order valence-electron chi connectivity index (χ1n) is 2.01. The van der Waals surface area contributed by atoms with Crippen molar-refractivity contribution in [3.8, 4) is 0 Å². The molecule has 0 saturated carbocycles. The van der Waals surface area contributed by atoms with Crippen molar-refractivity contribution in [3.05, 3.63) is 0 Å². The predicted molar refractivity (Wildman–Crippen MR) is 18.8 cm³/mol. The highest BCUT2D eigenvalue weighted by atomic mass is 16.3. The van der Waals surface area contributed by atoms with Crippen LogP contribution in [0, 0.1) is 0 Å². The van der Waals surface area contributed by atoms with Crippen molar-refractivity contribution < 1.29 is 10.2 Å². The molecule has 0 aromatic rings. The van der Waals surface area contributed by atoms with E-state index in [1.165, 1.54) is 0 Å². The van der Waals surface area contributed by atoms with Gasteiger partial charge in [0, 0.05) is 13.2 Å². The Kier molecular flexibility index (Phi) is 2.45. The van der Waals surface area contributed by atoms with Gasteiger partial charge in [0.15, 0.2) is 0 Å². The zero-order valence-electron chi connectivity index (χ0n) is 3.98. The van der Waals surface area contributed by atoms with Gasteiger partial charge in [-0.15, -0.1) is 0 Å². The number of aliphatic hydroxyl groups is 2. The molecule has 0 aromatic carbocycles. The second kappa shape index (κ2) is 3.92. The molecular weight excluding hydrogens is 68.0 g/mol. The molecule has 0 bridgehead atoms. The fraction of sp³-hybridized carbons (Fsp3) is 1.00. The van der Waals surface area contributed by atoms with Crippen LogP contribution in [0.4, 0.5) is 0 Å². The molecule has 0 aliphatic heterocycles. The Labute approximate surface area is 32.5 Å². The molecule has 5 heavy (non-hydrogen) atoms. The van der Waals surface area contributed by atoms with Gasteiger partial charge < -0.3 is 10.2 Å². The molecular formula is C3H8O2. The van der Waals surface area contributed by atoms with Crippen molar-refractivity contribution in [3.63, 3.8) is 0 Å². The second-order valence-corrected chi connectivity index (χ2v) is 0.781. The van der Waals surface area contributed by atoms with E-state index in [1.807, 2.05) is 0 Å². The molecule has 0 saturated heterocycles. The Bertz CT molecular complexity index is 20.8. The monoisotopic (exact) mass is 77.1 g/mol. The van der Waals surface area contributed by atoms with Crippen LogP contribution in [0.25, 0.3) is 0 Å². The minimum absolute atomic E-state index is 0.110. The molecule has 0 spiro atoms. The largest absolute Gasteiger partial charge is 0.396 e. The van der Waals surface area contributed by atoms with Crippen LogP contribution in [0.1, 0.15) is 6.42 Å². The van der Waals surface area contributed by atoms with E-state index in [0.717, 1.165) is 0 Å². The van der Waals surface area contributed by atoms with Crippen molar-refractivity contribution in [2.24, 2.45) is 0 Å². The Morgan fingerprint density at radius 2 is 2.40 bits per heavy atom. The van der Waals surface area contributed by atoms with E-state index in [1.54, 1.807) is 0 Å². The second-order valence-electron chi connectivity index (χ2n) is 0.781. The van der Waals surface area contributed by atoms with E-state index < -0.39 is 0 Å². The van der Waals surface area contributed by atoms with Crippen LogP contribution in [-0.2, 0) is 0 Å². The summed E-state index contributed by atoms with van der Waals surface area (Å²) >= 11 is 0. The molecule has 0 aromatic heterocycles. The third kappa shape index (κ3) is 3.92. The first-order chi connectivity index (χ1) is 2.91. The highest BCUT2D eigenvalue weighted by molar-refractivity contribution is 4.22. The van der Waals surface area contributed by atoms with Crippen LogP contribution in [0.15, 0.2) is 0 Å². The summed E-state index contributed by atoms with van der Waals surface area (Å²) in [5.41, 5.74) is 0. The molecule has 0 fully saturated rings. The van der Waals surface area contributed by atoms with Gasteiger partial charge in [-0.1, -0.05) is 0 Å². The SMILES string of the molecule is [2H]OCCCO. The Hall–Kier alpha value is -0.0800. The van der Waals surface area contributed by atoms with Crippen molar-refractivity contribution >= 4 is 0 Å². The summed E-state index contributed by atoms with van der Waals surface area (Å²) in [5, 5.41) is 11.9. The van der Waals surface area contributed by atoms with Gasteiger partial charge in [0.05, 0.1) is 0 Å². The van der Waals surface area contributed by atoms with Crippen molar-refractivity contribution in [2.75, 3.05) is 13.2 Å². The van der Waals surface area contributed by atoms with Crippen LogP contribution in [0.5, 0.6) is 0 Å². The highest BCUT2D eigenvalue weighted by Gasteiger charge is 1.70. The summed E-state index contributed by atoms with van der Waals surface area (Å²) in [7, 11) is 0. The average molecular weight is 77.1 g/mol.